The minimum atomic E-state index is -1.58. The number of amides is 1. The Morgan fingerprint density at radius 3 is 2.33 bits per heavy atom. The molecule has 9 heteroatoms. The van der Waals surface area contributed by atoms with Crippen molar-refractivity contribution in [2.45, 2.75) is 36.7 Å². The van der Waals surface area contributed by atoms with Crippen molar-refractivity contribution in [3.05, 3.63) is 0 Å². The predicted octanol–water partition coefficient (Wildman–Crippen LogP) is -4.78. The molecule has 0 saturated carbocycles. The SMILES string of the molecule is N[C@@H](CO)C(=O)N[C@@H]1O[C@H](CO)[C@@H](O)[C@H](O)[C@H]1O. The molecule has 0 spiro atoms. The van der Waals surface area contributed by atoms with Crippen LogP contribution in [0.3, 0.4) is 0 Å². The van der Waals surface area contributed by atoms with E-state index in [2.05, 4.69) is 5.32 Å². The third kappa shape index (κ3) is 3.14. The number of carbonyl (C=O) groups is 1. The summed E-state index contributed by atoms with van der Waals surface area (Å²) in [5.74, 6) is -0.790. The topological polar surface area (TPSA) is 166 Å². The third-order valence-corrected chi connectivity index (χ3v) is 2.71. The van der Waals surface area contributed by atoms with Gasteiger partial charge in [-0.2, -0.15) is 0 Å². The first kappa shape index (κ1) is 15.2. The Kier molecular flexibility index (Phi) is 5.41. The normalized spacial score (nSPS) is 38.2. The van der Waals surface area contributed by atoms with E-state index in [1.165, 1.54) is 0 Å². The fourth-order valence-electron chi connectivity index (χ4n) is 1.55. The van der Waals surface area contributed by atoms with Gasteiger partial charge in [-0.3, -0.25) is 4.79 Å². The number of nitrogens with two attached hydrogens (primary N) is 1. The van der Waals surface area contributed by atoms with Crippen molar-refractivity contribution in [2.75, 3.05) is 13.2 Å². The van der Waals surface area contributed by atoms with Crippen LogP contribution < -0.4 is 11.1 Å². The van der Waals surface area contributed by atoms with E-state index in [1.807, 2.05) is 0 Å². The zero-order valence-electron chi connectivity index (χ0n) is 9.51. The standard InChI is InChI=1S/C9H18N2O7/c10-3(1-12)8(17)11-9-7(16)6(15)5(14)4(2-13)18-9/h3-7,9,12-16H,1-2,10H2,(H,11,17)/t3-,4+,5+,6-,7+,9+/m0/s1. The molecule has 0 aliphatic carbocycles. The second kappa shape index (κ2) is 6.38. The minimum absolute atomic E-state index is 0.594. The molecule has 0 aromatic heterocycles. The van der Waals surface area contributed by atoms with E-state index in [1.54, 1.807) is 0 Å². The number of hydrogen-bond donors (Lipinski definition) is 7. The largest absolute Gasteiger partial charge is 0.394 e. The third-order valence-electron chi connectivity index (χ3n) is 2.71. The van der Waals surface area contributed by atoms with Gasteiger partial charge in [-0.05, 0) is 0 Å². The zero-order valence-corrected chi connectivity index (χ0v) is 9.51. The predicted molar refractivity (Wildman–Crippen MR) is 57.0 cm³/mol. The minimum Gasteiger partial charge on any atom is -0.394 e. The fourth-order valence-corrected chi connectivity index (χ4v) is 1.55. The van der Waals surface area contributed by atoms with Gasteiger partial charge in [0.25, 0.3) is 0 Å². The summed E-state index contributed by atoms with van der Waals surface area (Å²) in [6, 6.07) is -1.20. The van der Waals surface area contributed by atoms with Crippen LogP contribution in [0.1, 0.15) is 0 Å². The molecule has 6 atom stereocenters. The van der Waals surface area contributed by atoms with Crippen LogP contribution in [0.2, 0.25) is 0 Å². The molecule has 18 heavy (non-hydrogen) atoms. The highest BCUT2D eigenvalue weighted by Gasteiger charge is 2.44. The van der Waals surface area contributed by atoms with Crippen molar-refractivity contribution in [3.63, 3.8) is 0 Å². The lowest BCUT2D eigenvalue weighted by atomic mass is 9.98. The van der Waals surface area contributed by atoms with Crippen LogP contribution in [0.25, 0.3) is 0 Å². The molecule has 1 fully saturated rings. The smallest absolute Gasteiger partial charge is 0.241 e. The highest BCUT2D eigenvalue weighted by molar-refractivity contribution is 5.81. The first-order valence-electron chi connectivity index (χ1n) is 5.39. The Labute approximate surface area is 103 Å². The van der Waals surface area contributed by atoms with Gasteiger partial charge in [0.05, 0.1) is 13.2 Å². The van der Waals surface area contributed by atoms with Gasteiger partial charge in [-0.25, -0.2) is 0 Å². The number of aliphatic hydroxyl groups excluding tert-OH is 5. The number of rotatable bonds is 4. The van der Waals surface area contributed by atoms with Crippen LogP contribution in [0.15, 0.2) is 0 Å². The van der Waals surface area contributed by atoms with E-state index in [0.717, 1.165) is 0 Å². The quantitative estimate of drug-likeness (QED) is 0.266. The van der Waals surface area contributed by atoms with Crippen molar-refractivity contribution in [2.24, 2.45) is 5.73 Å². The van der Waals surface area contributed by atoms with Gasteiger partial charge in [0.2, 0.25) is 5.91 Å². The summed E-state index contributed by atoms with van der Waals surface area (Å²) in [6.45, 7) is -1.19. The fraction of sp³-hybridized carbons (Fsp3) is 0.889. The van der Waals surface area contributed by atoms with Gasteiger partial charge >= 0.3 is 0 Å². The maximum absolute atomic E-state index is 11.4. The molecular formula is C9H18N2O7. The summed E-state index contributed by atoms with van der Waals surface area (Å²) in [6.07, 6.45) is -7.08. The number of carbonyl (C=O) groups excluding carboxylic acids is 1. The van der Waals surface area contributed by atoms with E-state index in [4.69, 9.17) is 20.7 Å². The molecule has 1 aliphatic rings. The Morgan fingerprint density at radius 2 is 1.83 bits per heavy atom. The Morgan fingerprint density at radius 1 is 1.22 bits per heavy atom. The molecular weight excluding hydrogens is 248 g/mol. The number of hydrogen-bond acceptors (Lipinski definition) is 8. The van der Waals surface area contributed by atoms with Gasteiger partial charge in [-0.15, -0.1) is 0 Å². The molecule has 1 aliphatic heterocycles. The van der Waals surface area contributed by atoms with Crippen molar-refractivity contribution in [3.8, 4) is 0 Å². The van der Waals surface area contributed by atoms with Crippen molar-refractivity contribution in [1.82, 2.24) is 5.32 Å². The summed E-state index contributed by atoms with van der Waals surface area (Å²) in [5, 5.41) is 48.3. The van der Waals surface area contributed by atoms with Crippen LogP contribution in [0.4, 0.5) is 0 Å². The molecule has 0 aromatic carbocycles. The van der Waals surface area contributed by atoms with Gasteiger partial charge in [0.1, 0.15) is 30.5 Å². The Bertz CT molecular complexity index is 288. The summed E-state index contributed by atoms with van der Waals surface area (Å²) >= 11 is 0. The van der Waals surface area contributed by atoms with E-state index in [-0.39, 0.29) is 0 Å². The molecule has 0 aromatic rings. The molecule has 1 heterocycles. The van der Waals surface area contributed by atoms with Crippen molar-refractivity contribution < 1.29 is 35.1 Å². The number of aliphatic hydroxyl groups is 5. The van der Waals surface area contributed by atoms with E-state index >= 15 is 0 Å². The van der Waals surface area contributed by atoms with Crippen LogP contribution in [-0.2, 0) is 9.53 Å². The Balaban J connectivity index is 2.67. The van der Waals surface area contributed by atoms with Crippen LogP contribution in [0, 0.1) is 0 Å². The molecule has 8 N–H and O–H groups in total. The molecule has 0 radical (unpaired) electrons. The molecule has 0 bridgehead atoms. The van der Waals surface area contributed by atoms with Crippen LogP contribution in [0.5, 0.6) is 0 Å². The van der Waals surface area contributed by atoms with Crippen molar-refractivity contribution in [1.29, 1.82) is 0 Å². The number of nitrogens with one attached hydrogen (secondary N) is 1. The maximum Gasteiger partial charge on any atom is 0.241 e. The second-order valence-corrected chi connectivity index (χ2v) is 4.05. The lowest BCUT2D eigenvalue weighted by molar-refractivity contribution is -0.236. The van der Waals surface area contributed by atoms with E-state index in [0.29, 0.717) is 0 Å². The maximum atomic E-state index is 11.4. The average molecular weight is 266 g/mol. The molecule has 1 amide bonds. The number of ether oxygens (including phenoxy) is 1. The highest BCUT2D eigenvalue weighted by Crippen LogP contribution is 2.19. The lowest BCUT2D eigenvalue weighted by Crippen LogP contribution is -2.64. The molecule has 0 unspecified atom stereocenters. The van der Waals surface area contributed by atoms with Gasteiger partial charge in [-0.1, -0.05) is 0 Å². The van der Waals surface area contributed by atoms with E-state index in [9.17, 15) is 20.1 Å². The lowest BCUT2D eigenvalue weighted by Gasteiger charge is -2.40. The molecule has 1 rings (SSSR count). The summed E-state index contributed by atoms with van der Waals surface area (Å²) in [7, 11) is 0. The second-order valence-electron chi connectivity index (χ2n) is 4.05. The molecule has 9 nitrogen and oxygen atoms in total. The van der Waals surface area contributed by atoms with Crippen LogP contribution in [-0.4, -0.2) is 81.3 Å². The van der Waals surface area contributed by atoms with Crippen molar-refractivity contribution >= 4 is 5.91 Å². The monoisotopic (exact) mass is 266 g/mol. The van der Waals surface area contributed by atoms with E-state index < -0.39 is 55.8 Å². The Hall–Kier alpha value is -0.810. The first-order chi connectivity index (χ1) is 8.42. The summed E-state index contributed by atoms with van der Waals surface area (Å²) in [4.78, 5) is 11.4. The first-order valence-corrected chi connectivity index (χ1v) is 5.39. The highest BCUT2D eigenvalue weighted by atomic mass is 16.6. The van der Waals surface area contributed by atoms with Gasteiger partial charge < -0.3 is 41.3 Å². The molecule has 1 saturated heterocycles. The summed E-state index contributed by atoms with van der Waals surface area (Å²) < 4.78 is 5.02. The van der Waals surface area contributed by atoms with Gasteiger partial charge in [0.15, 0.2) is 6.23 Å². The summed E-state index contributed by atoms with van der Waals surface area (Å²) in [5.41, 5.74) is 5.25. The average Bonchev–Trinajstić information content (AvgIpc) is 2.38. The zero-order chi connectivity index (χ0) is 13.9. The molecule has 106 valence electrons. The van der Waals surface area contributed by atoms with Gasteiger partial charge in [0, 0.05) is 0 Å². The van der Waals surface area contributed by atoms with Crippen LogP contribution >= 0.6 is 0 Å².